The van der Waals surface area contributed by atoms with Crippen molar-refractivity contribution in [3.63, 3.8) is 0 Å². The Labute approximate surface area is 202 Å². The number of nitrogens with one attached hydrogen (secondary N) is 1. The van der Waals surface area contributed by atoms with Gasteiger partial charge < -0.3 is 10.4 Å². The molecule has 35 heavy (non-hydrogen) atoms. The van der Waals surface area contributed by atoms with E-state index in [0.29, 0.717) is 27.8 Å². The molecule has 1 heterocycles. The van der Waals surface area contributed by atoms with Crippen molar-refractivity contribution in [1.29, 1.82) is 10.5 Å². The Hall–Kier alpha value is -5.19. The highest BCUT2D eigenvalue weighted by molar-refractivity contribution is 5.94. The number of benzene rings is 3. The highest BCUT2D eigenvalue weighted by Crippen LogP contribution is 2.28. The smallest absolute Gasteiger partial charge is 0.337 e. The van der Waals surface area contributed by atoms with E-state index >= 15 is 0 Å². The molecule has 0 saturated carbocycles. The van der Waals surface area contributed by atoms with Gasteiger partial charge in [-0.15, -0.1) is 0 Å². The molecule has 0 amide bonds. The van der Waals surface area contributed by atoms with Crippen molar-refractivity contribution in [2.45, 2.75) is 19.9 Å². The lowest BCUT2D eigenvalue weighted by Crippen LogP contribution is -2.12. The van der Waals surface area contributed by atoms with Gasteiger partial charge in [0.05, 0.1) is 34.3 Å². The van der Waals surface area contributed by atoms with Crippen LogP contribution in [-0.4, -0.2) is 21.0 Å². The van der Waals surface area contributed by atoms with Gasteiger partial charge in [-0.2, -0.15) is 10.5 Å². The molecule has 7 heteroatoms. The number of aryl methyl sites for hydroxylation is 1. The molecule has 4 aromatic rings. The summed E-state index contributed by atoms with van der Waals surface area (Å²) in [6, 6.07) is 21.1. The number of carbonyl (C=O) groups is 1. The van der Waals surface area contributed by atoms with Crippen LogP contribution in [0.2, 0.25) is 0 Å². The van der Waals surface area contributed by atoms with E-state index in [4.69, 9.17) is 5.26 Å². The van der Waals surface area contributed by atoms with Crippen molar-refractivity contribution in [2.75, 3.05) is 5.32 Å². The zero-order valence-corrected chi connectivity index (χ0v) is 19.0. The lowest BCUT2D eigenvalue weighted by atomic mass is 10.0. The molecule has 0 bridgehead atoms. The molecule has 168 valence electrons. The number of carboxylic acid groups (broad SMARTS) is 1. The fourth-order valence-electron chi connectivity index (χ4n) is 3.69. The maximum absolute atomic E-state index is 11.6. The van der Waals surface area contributed by atoms with Gasteiger partial charge in [0.1, 0.15) is 6.07 Å². The summed E-state index contributed by atoms with van der Waals surface area (Å²) in [5.74, 6) is 4.89. The summed E-state index contributed by atoms with van der Waals surface area (Å²) in [7, 11) is 0. The second kappa shape index (κ2) is 9.75. The molecule has 1 aromatic heterocycles. The van der Waals surface area contributed by atoms with Crippen LogP contribution >= 0.6 is 0 Å². The normalized spacial score (nSPS) is 11.0. The molecule has 0 fully saturated rings. The summed E-state index contributed by atoms with van der Waals surface area (Å²) in [5, 5.41) is 31.4. The van der Waals surface area contributed by atoms with Crippen LogP contribution in [0.4, 0.5) is 5.69 Å². The molecular weight excluding hydrogens is 438 g/mol. The van der Waals surface area contributed by atoms with Crippen LogP contribution in [0.15, 0.2) is 60.7 Å². The van der Waals surface area contributed by atoms with Crippen LogP contribution in [-0.2, 0) is 0 Å². The molecule has 7 nitrogen and oxygen atoms in total. The molecule has 0 saturated heterocycles. The average Bonchev–Trinajstić information content (AvgIpc) is 2.86. The van der Waals surface area contributed by atoms with Gasteiger partial charge in [-0.25, -0.2) is 14.8 Å². The molecule has 2 N–H and O–H groups in total. The van der Waals surface area contributed by atoms with Crippen molar-refractivity contribution < 1.29 is 9.90 Å². The van der Waals surface area contributed by atoms with Crippen molar-refractivity contribution >= 4 is 22.7 Å². The monoisotopic (exact) mass is 457 g/mol. The van der Waals surface area contributed by atoms with Crippen molar-refractivity contribution in [3.05, 3.63) is 99.9 Å². The fraction of sp³-hybridized carbons (Fsp3) is 0.107. The third kappa shape index (κ3) is 4.93. The minimum absolute atomic E-state index is 0.118. The number of fused-ring (bicyclic) bond motifs is 1. The molecule has 0 aliphatic heterocycles. The largest absolute Gasteiger partial charge is 0.478 e. The van der Waals surface area contributed by atoms with Crippen LogP contribution in [0.25, 0.3) is 11.0 Å². The van der Waals surface area contributed by atoms with Crippen LogP contribution < -0.4 is 5.32 Å². The number of hydrogen-bond donors (Lipinski definition) is 2. The van der Waals surface area contributed by atoms with Gasteiger partial charge >= 0.3 is 5.97 Å². The van der Waals surface area contributed by atoms with E-state index in [-0.39, 0.29) is 23.0 Å². The second-order valence-electron chi connectivity index (χ2n) is 7.91. The lowest BCUT2D eigenvalue weighted by Gasteiger charge is -2.19. The summed E-state index contributed by atoms with van der Waals surface area (Å²) >= 11 is 0. The average molecular weight is 457 g/mol. The fourth-order valence-corrected chi connectivity index (χ4v) is 3.69. The zero-order chi connectivity index (χ0) is 24.9. The van der Waals surface area contributed by atoms with Gasteiger partial charge in [0.2, 0.25) is 0 Å². The van der Waals surface area contributed by atoms with E-state index < -0.39 is 5.97 Å². The summed E-state index contributed by atoms with van der Waals surface area (Å²) in [6.45, 7) is 3.84. The number of nitriles is 2. The number of rotatable bonds is 4. The van der Waals surface area contributed by atoms with Crippen molar-refractivity contribution in [3.8, 4) is 24.0 Å². The molecule has 3 aromatic carbocycles. The first-order valence-electron chi connectivity index (χ1n) is 10.7. The third-order valence-electron chi connectivity index (χ3n) is 5.38. The maximum atomic E-state index is 11.6. The van der Waals surface area contributed by atoms with E-state index in [9.17, 15) is 15.2 Å². The van der Waals surface area contributed by atoms with Crippen LogP contribution in [0.3, 0.4) is 0 Å². The van der Waals surface area contributed by atoms with Crippen LogP contribution in [0.1, 0.15) is 57.0 Å². The van der Waals surface area contributed by atoms with Gasteiger partial charge in [0.25, 0.3) is 0 Å². The van der Waals surface area contributed by atoms with Gasteiger partial charge in [-0.1, -0.05) is 24.1 Å². The summed E-state index contributed by atoms with van der Waals surface area (Å²) in [6.07, 6.45) is 0. The molecule has 4 rings (SSSR count). The van der Waals surface area contributed by atoms with Gasteiger partial charge in [0.15, 0.2) is 11.4 Å². The number of aromatic carboxylic acids is 1. The van der Waals surface area contributed by atoms with E-state index in [2.05, 4.69) is 39.3 Å². The minimum Gasteiger partial charge on any atom is -0.478 e. The highest BCUT2D eigenvalue weighted by Gasteiger charge is 2.17. The minimum atomic E-state index is -1.02. The topological polar surface area (TPSA) is 123 Å². The molecule has 0 radical (unpaired) electrons. The Bertz CT molecular complexity index is 1600. The Kier molecular flexibility index (Phi) is 6.40. The van der Waals surface area contributed by atoms with Crippen LogP contribution in [0, 0.1) is 41.4 Å². The summed E-state index contributed by atoms with van der Waals surface area (Å²) in [5.41, 5.74) is 5.10. The number of aromatic nitrogens is 2. The zero-order valence-electron chi connectivity index (χ0n) is 19.0. The Morgan fingerprint density at radius 3 is 2.34 bits per heavy atom. The van der Waals surface area contributed by atoms with E-state index in [1.54, 1.807) is 48.5 Å². The van der Waals surface area contributed by atoms with Crippen molar-refractivity contribution in [2.24, 2.45) is 0 Å². The van der Waals surface area contributed by atoms with E-state index in [1.807, 2.05) is 26.0 Å². The van der Waals surface area contributed by atoms with Crippen molar-refractivity contribution in [1.82, 2.24) is 9.97 Å². The van der Waals surface area contributed by atoms with E-state index in [0.717, 1.165) is 11.1 Å². The lowest BCUT2D eigenvalue weighted by molar-refractivity contribution is 0.0698. The first-order valence-corrected chi connectivity index (χ1v) is 10.7. The highest BCUT2D eigenvalue weighted by atomic mass is 16.4. The van der Waals surface area contributed by atoms with Gasteiger partial charge in [0, 0.05) is 16.8 Å². The SMILES string of the molecule is Cc1cc([C@@H](C)Nc2ccccc2C(=O)O)c2nc(C#Cc3ccc(C#N)cc3)c(C#N)nc2c1. The van der Waals surface area contributed by atoms with E-state index in [1.165, 1.54) is 0 Å². The molecule has 0 aliphatic rings. The third-order valence-corrected chi connectivity index (χ3v) is 5.38. The van der Waals surface area contributed by atoms with Gasteiger partial charge in [-0.3, -0.25) is 0 Å². The maximum Gasteiger partial charge on any atom is 0.337 e. The number of nitrogens with zero attached hydrogens (tertiary/aromatic N) is 4. The Balaban J connectivity index is 1.79. The molecule has 0 unspecified atom stereocenters. The molecular formula is C28H19N5O2. The Morgan fingerprint density at radius 2 is 1.66 bits per heavy atom. The first-order chi connectivity index (χ1) is 16.9. The quantitative estimate of drug-likeness (QED) is 0.416. The number of anilines is 1. The number of para-hydroxylation sites is 1. The molecule has 0 spiro atoms. The van der Waals surface area contributed by atoms with Crippen LogP contribution in [0.5, 0.6) is 0 Å². The summed E-state index contributed by atoms with van der Waals surface area (Å²) in [4.78, 5) is 20.8. The summed E-state index contributed by atoms with van der Waals surface area (Å²) < 4.78 is 0. The predicted molar refractivity (Wildman–Crippen MR) is 132 cm³/mol. The first kappa shape index (κ1) is 23.0. The number of carboxylic acids is 1. The molecule has 0 aliphatic carbocycles. The predicted octanol–water partition coefficient (Wildman–Crippen LogP) is 4.95. The standard InChI is InChI=1S/C28H19N5O2/c1-17-13-22(18(2)31-23-6-4-3-5-21(23)28(34)35)27-25(14-17)32-26(16-30)24(33-27)12-11-19-7-9-20(15-29)10-8-19/h3-10,13-14,18,31H,1-2H3,(H,34,35)/t18-/m1/s1. The molecule has 1 atom stereocenters. The Morgan fingerprint density at radius 1 is 0.943 bits per heavy atom. The number of hydrogen-bond acceptors (Lipinski definition) is 6. The second-order valence-corrected chi connectivity index (χ2v) is 7.91. The van der Waals surface area contributed by atoms with Gasteiger partial charge in [-0.05, 0) is 67.8 Å².